The molecule has 0 spiro atoms. The lowest BCUT2D eigenvalue weighted by atomic mass is 10.2. The molecule has 3 heterocycles. The maximum Gasteiger partial charge on any atom is 0.272 e. The van der Waals surface area contributed by atoms with Crippen LogP contribution in [0.3, 0.4) is 0 Å². The molecule has 0 saturated carbocycles. The van der Waals surface area contributed by atoms with Crippen molar-refractivity contribution in [3.05, 3.63) is 47.3 Å². The first-order valence-electron chi connectivity index (χ1n) is 8.42. The zero-order valence-corrected chi connectivity index (χ0v) is 14.9. The number of carbonyl (C=O) groups excluding carboxylic acids is 1. The van der Waals surface area contributed by atoms with Crippen LogP contribution in [0.2, 0.25) is 0 Å². The summed E-state index contributed by atoms with van der Waals surface area (Å²) in [5.41, 5.74) is 2.58. The molecule has 0 aliphatic carbocycles. The molecule has 6 heteroatoms. The van der Waals surface area contributed by atoms with Gasteiger partial charge < -0.3 is 9.47 Å². The molecular formula is C18H25N5O. The number of imidazole rings is 1. The predicted octanol–water partition coefficient (Wildman–Crippen LogP) is 2.08. The van der Waals surface area contributed by atoms with Crippen LogP contribution in [0.15, 0.2) is 24.4 Å². The molecule has 1 aliphatic rings. The largest absolute Gasteiger partial charge is 0.328 e. The van der Waals surface area contributed by atoms with E-state index in [2.05, 4.69) is 40.3 Å². The van der Waals surface area contributed by atoms with Gasteiger partial charge in [-0.05, 0) is 40.0 Å². The molecule has 0 fully saturated rings. The number of hydrogen-bond acceptors (Lipinski definition) is 4. The van der Waals surface area contributed by atoms with Crippen LogP contribution < -0.4 is 0 Å². The monoisotopic (exact) mass is 327 g/mol. The number of carbonyl (C=O) groups is 1. The standard InChI is InChI=1S/C18H25N5O/c1-13(2)21(4)11-15-10-19-17-12-22(8-9-23(15)17)18(24)16-7-5-6-14(3)20-16/h5-7,10,13H,8-9,11-12H2,1-4H3. The van der Waals surface area contributed by atoms with Gasteiger partial charge in [-0.15, -0.1) is 0 Å². The Bertz CT molecular complexity index is 737. The zero-order chi connectivity index (χ0) is 17.3. The molecule has 6 nitrogen and oxygen atoms in total. The van der Waals surface area contributed by atoms with Crippen molar-refractivity contribution in [2.24, 2.45) is 0 Å². The highest BCUT2D eigenvalue weighted by Gasteiger charge is 2.25. The minimum atomic E-state index is -0.0196. The first-order chi connectivity index (χ1) is 11.5. The van der Waals surface area contributed by atoms with Crippen LogP contribution in [-0.4, -0.2) is 49.9 Å². The van der Waals surface area contributed by atoms with Gasteiger partial charge in [0.1, 0.15) is 11.5 Å². The summed E-state index contributed by atoms with van der Waals surface area (Å²) in [5, 5.41) is 0. The third-order valence-corrected chi connectivity index (χ3v) is 4.63. The fourth-order valence-electron chi connectivity index (χ4n) is 2.89. The Hall–Kier alpha value is -2.21. The maximum absolute atomic E-state index is 12.7. The van der Waals surface area contributed by atoms with Crippen molar-refractivity contribution in [2.45, 2.75) is 46.4 Å². The molecule has 1 aliphatic heterocycles. The van der Waals surface area contributed by atoms with Crippen LogP contribution in [0.5, 0.6) is 0 Å². The molecule has 0 bridgehead atoms. The van der Waals surface area contributed by atoms with Gasteiger partial charge in [0.25, 0.3) is 5.91 Å². The van der Waals surface area contributed by atoms with Gasteiger partial charge in [-0.1, -0.05) is 6.07 Å². The van der Waals surface area contributed by atoms with Gasteiger partial charge in [-0.3, -0.25) is 9.69 Å². The molecule has 0 aromatic carbocycles. The van der Waals surface area contributed by atoms with Crippen molar-refractivity contribution in [3.8, 4) is 0 Å². The van der Waals surface area contributed by atoms with E-state index in [0.29, 0.717) is 24.8 Å². The average Bonchev–Trinajstić information content (AvgIpc) is 2.96. The molecule has 0 radical (unpaired) electrons. The highest BCUT2D eigenvalue weighted by atomic mass is 16.2. The normalized spacial score (nSPS) is 14.3. The molecule has 2 aromatic rings. The van der Waals surface area contributed by atoms with E-state index in [4.69, 9.17) is 0 Å². The van der Waals surface area contributed by atoms with E-state index in [0.717, 1.165) is 24.6 Å². The van der Waals surface area contributed by atoms with Crippen molar-refractivity contribution in [3.63, 3.8) is 0 Å². The number of rotatable bonds is 4. The second-order valence-electron chi connectivity index (χ2n) is 6.72. The van der Waals surface area contributed by atoms with Crippen LogP contribution in [-0.2, 0) is 19.6 Å². The van der Waals surface area contributed by atoms with Crippen molar-refractivity contribution in [1.29, 1.82) is 0 Å². The first-order valence-corrected chi connectivity index (χ1v) is 8.42. The van der Waals surface area contributed by atoms with Gasteiger partial charge in [-0.2, -0.15) is 0 Å². The zero-order valence-electron chi connectivity index (χ0n) is 14.9. The van der Waals surface area contributed by atoms with Gasteiger partial charge >= 0.3 is 0 Å². The Morgan fingerprint density at radius 2 is 2.12 bits per heavy atom. The highest BCUT2D eigenvalue weighted by molar-refractivity contribution is 5.92. The topological polar surface area (TPSA) is 54.3 Å². The number of hydrogen-bond donors (Lipinski definition) is 0. The summed E-state index contributed by atoms with van der Waals surface area (Å²) in [6.45, 7) is 9.16. The van der Waals surface area contributed by atoms with E-state index in [-0.39, 0.29) is 5.91 Å². The van der Waals surface area contributed by atoms with Crippen molar-refractivity contribution in [1.82, 2.24) is 24.3 Å². The van der Waals surface area contributed by atoms with Gasteiger partial charge in [-0.25, -0.2) is 9.97 Å². The van der Waals surface area contributed by atoms with Crippen LogP contribution in [0.25, 0.3) is 0 Å². The van der Waals surface area contributed by atoms with E-state index in [9.17, 15) is 4.79 Å². The van der Waals surface area contributed by atoms with E-state index < -0.39 is 0 Å². The van der Waals surface area contributed by atoms with E-state index >= 15 is 0 Å². The van der Waals surface area contributed by atoms with E-state index in [1.807, 2.05) is 30.2 Å². The van der Waals surface area contributed by atoms with Gasteiger partial charge in [0.2, 0.25) is 0 Å². The third kappa shape index (κ3) is 3.33. The maximum atomic E-state index is 12.7. The van der Waals surface area contributed by atoms with Crippen LogP contribution in [0, 0.1) is 6.92 Å². The first kappa shape index (κ1) is 16.6. The second kappa shape index (κ2) is 6.73. The predicted molar refractivity (Wildman–Crippen MR) is 92.5 cm³/mol. The fraction of sp³-hybridized carbons (Fsp3) is 0.500. The fourth-order valence-corrected chi connectivity index (χ4v) is 2.89. The summed E-state index contributed by atoms with van der Waals surface area (Å²) in [5.74, 6) is 0.934. The summed E-state index contributed by atoms with van der Waals surface area (Å²) >= 11 is 0. The second-order valence-corrected chi connectivity index (χ2v) is 6.72. The van der Waals surface area contributed by atoms with Crippen LogP contribution in [0.4, 0.5) is 0 Å². The quantitative estimate of drug-likeness (QED) is 0.863. The SMILES string of the molecule is Cc1cccc(C(=O)N2CCn3c(CN(C)C(C)C)cnc3C2)n1. The van der Waals surface area contributed by atoms with Crippen molar-refractivity contribution < 1.29 is 4.79 Å². The van der Waals surface area contributed by atoms with E-state index in [1.54, 1.807) is 6.07 Å². The number of nitrogens with zero attached hydrogens (tertiary/aromatic N) is 5. The number of amides is 1. The number of aryl methyl sites for hydroxylation is 1. The molecule has 128 valence electrons. The van der Waals surface area contributed by atoms with Crippen molar-refractivity contribution in [2.75, 3.05) is 13.6 Å². The molecule has 24 heavy (non-hydrogen) atoms. The molecule has 0 N–H and O–H groups in total. The lowest BCUT2D eigenvalue weighted by Gasteiger charge is -2.29. The Morgan fingerprint density at radius 1 is 1.33 bits per heavy atom. The Balaban J connectivity index is 1.74. The van der Waals surface area contributed by atoms with Crippen molar-refractivity contribution >= 4 is 5.91 Å². The minimum Gasteiger partial charge on any atom is -0.328 e. The van der Waals surface area contributed by atoms with Gasteiger partial charge in [0, 0.05) is 37.6 Å². The number of pyridine rings is 1. The minimum absolute atomic E-state index is 0.0196. The molecule has 1 amide bonds. The summed E-state index contributed by atoms with van der Waals surface area (Å²) in [6.07, 6.45) is 1.94. The average molecular weight is 327 g/mol. The molecule has 3 rings (SSSR count). The molecule has 0 atom stereocenters. The number of fused-ring (bicyclic) bond motifs is 1. The smallest absolute Gasteiger partial charge is 0.272 e. The summed E-state index contributed by atoms with van der Waals surface area (Å²) in [6, 6.07) is 6.04. The summed E-state index contributed by atoms with van der Waals surface area (Å²) < 4.78 is 2.24. The lowest BCUT2D eigenvalue weighted by Crippen LogP contribution is -2.39. The Morgan fingerprint density at radius 3 is 2.83 bits per heavy atom. The molecule has 0 unspecified atom stereocenters. The molecular weight excluding hydrogens is 302 g/mol. The Kier molecular flexibility index (Phi) is 4.66. The van der Waals surface area contributed by atoms with Gasteiger partial charge in [0.05, 0.1) is 12.2 Å². The lowest BCUT2D eigenvalue weighted by molar-refractivity contribution is 0.0699. The van der Waals surface area contributed by atoms with E-state index in [1.165, 1.54) is 5.69 Å². The summed E-state index contributed by atoms with van der Waals surface area (Å²) in [7, 11) is 2.12. The third-order valence-electron chi connectivity index (χ3n) is 4.63. The van der Waals surface area contributed by atoms with Crippen LogP contribution in [0.1, 0.15) is 41.5 Å². The Labute approximate surface area is 143 Å². The van der Waals surface area contributed by atoms with Crippen LogP contribution >= 0.6 is 0 Å². The summed E-state index contributed by atoms with van der Waals surface area (Å²) in [4.78, 5) is 25.7. The molecule has 2 aromatic heterocycles. The molecule has 0 saturated heterocycles. The number of aromatic nitrogens is 3. The van der Waals surface area contributed by atoms with Gasteiger partial charge in [0.15, 0.2) is 0 Å². The highest BCUT2D eigenvalue weighted by Crippen LogP contribution is 2.18.